The van der Waals surface area contributed by atoms with Crippen LogP contribution < -0.4 is 5.32 Å². The zero-order valence-corrected chi connectivity index (χ0v) is 11.6. The third-order valence-corrected chi connectivity index (χ3v) is 3.38. The Bertz CT molecular complexity index is 418. The number of nitro groups is 1. The minimum Gasteiger partial charge on any atom is -0.314 e. The van der Waals surface area contributed by atoms with Crippen molar-refractivity contribution in [1.82, 2.24) is 5.32 Å². The summed E-state index contributed by atoms with van der Waals surface area (Å²) in [6.45, 7) is 8.96. The van der Waals surface area contributed by atoms with Crippen LogP contribution in [0.3, 0.4) is 0 Å². The number of nitro benzene ring substituents is 1. The van der Waals surface area contributed by atoms with Gasteiger partial charge in [-0.2, -0.15) is 0 Å². The van der Waals surface area contributed by atoms with E-state index in [1.165, 1.54) is 0 Å². The first-order chi connectivity index (χ1) is 8.51. The molecule has 1 N–H and O–H groups in total. The molecule has 2 unspecified atom stereocenters. The lowest BCUT2D eigenvalue weighted by atomic mass is 9.90. The zero-order valence-electron chi connectivity index (χ0n) is 11.6. The molecule has 0 bridgehead atoms. The van der Waals surface area contributed by atoms with E-state index in [1.807, 2.05) is 19.1 Å². The van der Waals surface area contributed by atoms with Crippen molar-refractivity contribution in [2.75, 3.05) is 6.54 Å². The Kier molecular flexibility index (Phi) is 5.28. The highest BCUT2D eigenvalue weighted by atomic mass is 16.6. The van der Waals surface area contributed by atoms with Gasteiger partial charge in [0.2, 0.25) is 0 Å². The molecule has 100 valence electrons. The van der Waals surface area contributed by atoms with Gasteiger partial charge in [-0.15, -0.1) is 0 Å². The normalized spacial score (nSPS) is 14.2. The molecular weight excluding hydrogens is 228 g/mol. The molecule has 4 nitrogen and oxygen atoms in total. The van der Waals surface area contributed by atoms with Gasteiger partial charge in [-0.05, 0) is 25.5 Å². The first kappa shape index (κ1) is 14.6. The summed E-state index contributed by atoms with van der Waals surface area (Å²) in [6.07, 6.45) is 0.958. The van der Waals surface area contributed by atoms with Crippen LogP contribution in [0.4, 0.5) is 5.69 Å². The average molecular weight is 250 g/mol. The minimum atomic E-state index is -0.280. The summed E-state index contributed by atoms with van der Waals surface area (Å²) < 4.78 is 0. The fourth-order valence-corrected chi connectivity index (χ4v) is 2.35. The molecule has 0 spiro atoms. The third kappa shape index (κ3) is 3.29. The van der Waals surface area contributed by atoms with Crippen LogP contribution >= 0.6 is 0 Å². The van der Waals surface area contributed by atoms with Crippen LogP contribution in [-0.2, 0) is 0 Å². The molecule has 1 aromatic rings. The second-order valence-electron chi connectivity index (χ2n) is 4.68. The molecule has 1 aromatic carbocycles. The summed E-state index contributed by atoms with van der Waals surface area (Å²) in [5, 5.41) is 14.5. The van der Waals surface area contributed by atoms with Gasteiger partial charge in [-0.1, -0.05) is 32.9 Å². The summed E-state index contributed by atoms with van der Waals surface area (Å²) in [4.78, 5) is 10.9. The van der Waals surface area contributed by atoms with E-state index in [1.54, 1.807) is 6.07 Å². The number of benzene rings is 1. The number of hydrogen-bond acceptors (Lipinski definition) is 3. The summed E-state index contributed by atoms with van der Waals surface area (Å²) in [6, 6.07) is 5.76. The SMILES string of the molecule is CCNC(CC)C(C)c1ccc(C)cc1[N+](=O)[O-]. The van der Waals surface area contributed by atoms with Gasteiger partial charge >= 0.3 is 0 Å². The molecule has 0 aromatic heterocycles. The molecule has 0 aliphatic rings. The number of likely N-dealkylation sites (N-methyl/N-ethyl adjacent to an activating group) is 1. The van der Waals surface area contributed by atoms with Crippen LogP contribution in [0.25, 0.3) is 0 Å². The molecule has 2 atom stereocenters. The summed E-state index contributed by atoms with van der Waals surface area (Å²) >= 11 is 0. The lowest BCUT2D eigenvalue weighted by molar-refractivity contribution is -0.385. The quantitative estimate of drug-likeness (QED) is 0.622. The maximum Gasteiger partial charge on any atom is 0.273 e. The second-order valence-corrected chi connectivity index (χ2v) is 4.68. The van der Waals surface area contributed by atoms with Crippen molar-refractivity contribution >= 4 is 5.69 Å². The van der Waals surface area contributed by atoms with E-state index in [-0.39, 0.29) is 22.6 Å². The van der Waals surface area contributed by atoms with Crippen LogP contribution in [0.5, 0.6) is 0 Å². The Labute approximate surface area is 109 Å². The lowest BCUT2D eigenvalue weighted by Crippen LogP contribution is -2.33. The highest BCUT2D eigenvalue weighted by Crippen LogP contribution is 2.30. The number of nitrogens with one attached hydrogen (secondary N) is 1. The largest absolute Gasteiger partial charge is 0.314 e. The van der Waals surface area contributed by atoms with Gasteiger partial charge in [0, 0.05) is 23.6 Å². The van der Waals surface area contributed by atoms with E-state index in [4.69, 9.17) is 0 Å². The number of hydrogen-bond donors (Lipinski definition) is 1. The van der Waals surface area contributed by atoms with Crippen molar-refractivity contribution in [3.63, 3.8) is 0 Å². The second kappa shape index (κ2) is 6.50. The van der Waals surface area contributed by atoms with Gasteiger partial charge in [0.05, 0.1) is 4.92 Å². The minimum absolute atomic E-state index is 0.135. The van der Waals surface area contributed by atoms with Crippen LogP contribution in [0.2, 0.25) is 0 Å². The van der Waals surface area contributed by atoms with Crippen molar-refractivity contribution in [2.45, 2.75) is 46.1 Å². The highest BCUT2D eigenvalue weighted by molar-refractivity contribution is 5.45. The fraction of sp³-hybridized carbons (Fsp3) is 0.571. The Morgan fingerprint density at radius 2 is 2.06 bits per heavy atom. The van der Waals surface area contributed by atoms with Crippen LogP contribution in [0.15, 0.2) is 18.2 Å². The van der Waals surface area contributed by atoms with Crippen molar-refractivity contribution in [3.05, 3.63) is 39.4 Å². The number of nitrogens with zero attached hydrogens (tertiary/aromatic N) is 1. The van der Waals surface area contributed by atoms with Crippen LogP contribution in [-0.4, -0.2) is 17.5 Å². The standard InChI is InChI=1S/C14H22N2O2/c1-5-13(15-6-2)11(4)12-8-7-10(3)9-14(12)16(17)18/h7-9,11,13,15H,5-6H2,1-4H3. The monoisotopic (exact) mass is 250 g/mol. The molecule has 1 rings (SSSR count). The molecule has 0 saturated heterocycles. The molecule has 4 heteroatoms. The van der Waals surface area contributed by atoms with Crippen molar-refractivity contribution in [1.29, 1.82) is 0 Å². The molecule has 18 heavy (non-hydrogen) atoms. The molecule has 0 aliphatic heterocycles. The maximum atomic E-state index is 11.1. The van der Waals surface area contributed by atoms with Crippen LogP contribution in [0.1, 0.15) is 44.2 Å². The molecule has 0 saturated carbocycles. The van der Waals surface area contributed by atoms with Gasteiger partial charge in [-0.3, -0.25) is 10.1 Å². The molecule has 0 aliphatic carbocycles. The molecule has 0 amide bonds. The highest BCUT2D eigenvalue weighted by Gasteiger charge is 2.24. The Hall–Kier alpha value is -1.42. The smallest absolute Gasteiger partial charge is 0.273 e. The predicted octanol–water partition coefficient (Wildman–Crippen LogP) is 3.39. The molecule has 0 fully saturated rings. The Balaban J connectivity index is 3.11. The maximum absolute atomic E-state index is 11.1. The van der Waals surface area contributed by atoms with Crippen molar-refractivity contribution in [3.8, 4) is 0 Å². The first-order valence-corrected chi connectivity index (χ1v) is 6.49. The molecular formula is C14H22N2O2. The van der Waals surface area contributed by atoms with E-state index in [2.05, 4.69) is 26.1 Å². The van der Waals surface area contributed by atoms with Gasteiger partial charge in [0.15, 0.2) is 0 Å². The topological polar surface area (TPSA) is 55.2 Å². The van der Waals surface area contributed by atoms with Gasteiger partial charge in [0.1, 0.15) is 0 Å². The third-order valence-electron chi connectivity index (χ3n) is 3.38. The van der Waals surface area contributed by atoms with E-state index in [9.17, 15) is 10.1 Å². The predicted molar refractivity (Wildman–Crippen MR) is 74.0 cm³/mol. The zero-order chi connectivity index (χ0) is 13.7. The summed E-state index contributed by atoms with van der Waals surface area (Å²) in [5.41, 5.74) is 1.98. The summed E-state index contributed by atoms with van der Waals surface area (Å²) in [5.74, 6) is 0.135. The molecule has 0 heterocycles. The average Bonchev–Trinajstić information content (AvgIpc) is 2.35. The van der Waals surface area contributed by atoms with E-state index in [0.29, 0.717) is 0 Å². The van der Waals surface area contributed by atoms with Crippen molar-refractivity contribution in [2.24, 2.45) is 0 Å². The molecule has 0 radical (unpaired) electrons. The Morgan fingerprint density at radius 1 is 1.39 bits per heavy atom. The number of rotatable bonds is 6. The van der Waals surface area contributed by atoms with Gasteiger partial charge in [-0.25, -0.2) is 0 Å². The van der Waals surface area contributed by atoms with Gasteiger partial charge in [0.25, 0.3) is 5.69 Å². The lowest BCUT2D eigenvalue weighted by Gasteiger charge is -2.23. The Morgan fingerprint density at radius 3 is 2.56 bits per heavy atom. The fourth-order valence-electron chi connectivity index (χ4n) is 2.35. The first-order valence-electron chi connectivity index (χ1n) is 6.49. The van der Waals surface area contributed by atoms with Gasteiger partial charge < -0.3 is 5.32 Å². The van der Waals surface area contributed by atoms with E-state index < -0.39 is 0 Å². The van der Waals surface area contributed by atoms with E-state index in [0.717, 1.165) is 24.1 Å². The number of aryl methyl sites for hydroxylation is 1. The van der Waals surface area contributed by atoms with E-state index >= 15 is 0 Å². The summed E-state index contributed by atoms with van der Waals surface area (Å²) in [7, 11) is 0. The van der Waals surface area contributed by atoms with Crippen molar-refractivity contribution < 1.29 is 4.92 Å². The van der Waals surface area contributed by atoms with Crippen LogP contribution in [0, 0.1) is 17.0 Å².